The Kier molecular flexibility index (Phi) is 4.40. The zero-order valence-corrected chi connectivity index (χ0v) is 12.1. The van der Waals surface area contributed by atoms with Crippen molar-refractivity contribution in [3.63, 3.8) is 0 Å². The number of hydrogen-bond acceptors (Lipinski definition) is 3. The third-order valence-corrected chi connectivity index (χ3v) is 3.24. The lowest BCUT2D eigenvalue weighted by atomic mass is 10.2. The highest BCUT2D eigenvalue weighted by Crippen LogP contribution is 2.16. The van der Waals surface area contributed by atoms with Crippen LogP contribution >= 0.6 is 0 Å². The molecule has 1 heterocycles. The van der Waals surface area contributed by atoms with Crippen molar-refractivity contribution in [1.82, 2.24) is 10.2 Å². The normalized spacial score (nSPS) is 10.3. The minimum Gasteiger partial charge on any atom is -0.381 e. The number of carbonyl (C=O) groups excluding carboxylic acids is 1. The highest BCUT2D eigenvalue weighted by atomic mass is 16.1. The number of aromatic amines is 1. The third kappa shape index (κ3) is 3.38. The number of aromatic nitrogens is 2. The first-order valence-corrected chi connectivity index (χ1v) is 6.74. The lowest BCUT2D eigenvalue weighted by Crippen LogP contribution is -2.09. The van der Waals surface area contributed by atoms with Crippen molar-refractivity contribution in [2.45, 2.75) is 33.7 Å². The number of H-pyrrole nitrogens is 1. The van der Waals surface area contributed by atoms with Crippen LogP contribution in [0.25, 0.3) is 0 Å². The molecule has 0 aliphatic rings. The van der Waals surface area contributed by atoms with Crippen molar-refractivity contribution in [1.29, 1.82) is 0 Å². The van der Waals surface area contributed by atoms with Gasteiger partial charge in [-0.25, -0.2) is 0 Å². The average Bonchev–Trinajstić information content (AvgIpc) is 2.77. The molecule has 20 heavy (non-hydrogen) atoms. The van der Waals surface area contributed by atoms with E-state index in [1.54, 1.807) is 0 Å². The molecule has 3 N–H and O–H groups in total. The summed E-state index contributed by atoms with van der Waals surface area (Å²) >= 11 is 0. The summed E-state index contributed by atoms with van der Waals surface area (Å²) in [5, 5.41) is 13.3. The summed E-state index contributed by atoms with van der Waals surface area (Å²) in [5.74, 6) is 0.0235. The summed E-state index contributed by atoms with van der Waals surface area (Å²) in [6, 6.07) is 7.70. The first-order chi connectivity index (χ1) is 9.60. The molecule has 5 nitrogen and oxygen atoms in total. The molecule has 0 fully saturated rings. The molecule has 0 radical (unpaired) electrons. The van der Waals surface area contributed by atoms with E-state index in [1.165, 1.54) is 5.56 Å². The van der Waals surface area contributed by atoms with Crippen LogP contribution in [0.3, 0.4) is 0 Å². The molecule has 2 rings (SSSR count). The number of anilines is 2. The van der Waals surface area contributed by atoms with Crippen molar-refractivity contribution in [2.75, 3.05) is 10.6 Å². The van der Waals surface area contributed by atoms with Crippen LogP contribution in [0, 0.1) is 13.8 Å². The highest BCUT2D eigenvalue weighted by molar-refractivity contribution is 5.90. The number of nitrogens with one attached hydrogen (secondary N) is 3. The van der Waals surface area contributed by atoms with Gasteiger partial charge in [0.2, 0.25) is 5.91 Å². The van der Waals surface area contributed by atoms with Crippen LogP contribution in [0.5, 0.6) is 0 Å². The standard InChI is InChI=1S/C15H20N4O/c1-4-15(20)17-13-7-5-12(6-8-13)16-9-14-10(2)18-19-11(14)3/h5-8,16H,4,9H2,1-3H3,(H,17,20)(H,18,19). The maximum absolute atomic E-state index is 11.3. The molecular formula is C15H20N4O. The lowest BCUT2D eigenvalue weighted by molar-refractivity contribution is -0.115. The Balaban J connectivity index is 1.96. The molecule has 0 saturated carbocycles. The Bertz CT molecular complexity index is 567. The maximum atomic E-state index is 11.3. The van der Waals surface area contributed by atoms with Crippen LogP contribution in [0.2, 0.25) is 0 Å². The first kappa shape index (κ1) is 14.1. The zero-order chi connectivity index (χ0) is 14.5. The number of hydrogen-bond donors (Lipinski definition) is 3. The molecule has 1 amide bonds. The van der Waals surface area contributed by atoms with Crippen LogP contribution in [0.4, 0.5) is 11.4 Å². The van der Waals surface area contributed by atoms with E-state index in [0.717, 1.165) is 29.3 Å². The summed E-state index contributed by atoms with van der Waals surface area (Å²) in [6.07, 6.45) is 0.485. The summed E-state index contributed by atoms with van der Waals surface area (Å²) in [5.41, 5.74) is 5.12. The van der Waals surface area contributed by atoms with Gasteiger partial charge < -0.3 is 10.6 Å². The summed E-state index contributed by atoms with van der Waals surface area (Å²) in [4.78, 5) is 11.3. The van der Waals surface area contributed by atoms with Crippen LogP contribution in [0.15, 0.2) is 24.3 Å². The summed E-state index contributed by atoms with van der Waals surface area (Å²) < 4.78 is 0. The van der Waals surface area contributed by atoms with Gasteiger partial charge in [-0.3, -0.25) is 9.89 Å². The van der Waals surface area contributed by atoms with Gasteiger partial charge in [0.05, 0.1) is 5.69 Å². The average molecular weight is 272 g/mol. The van der Waals surface area contributed by atoms with Gasteiger partial charge in [0, 0.05) is 35.6 Å². The monoisotopic (exact) mass is 272 g/mol. The van der Waals surface area contributed by atoms with Crippen molar-refractivity contribution in [2.24, 2.45) is 0 Å². The predicted molar refractivity (Wildman–Crippen MR) is 80.8 cm³/mol. The number of carbonyl (C=O) groups is 1. The van der Waals surface area contributed by atoms with Crippen LogP contribution in [-0.4, -0.2) is 16.1 Å². The van der Waals surface area contributed by atoms with Crippen molar-refractivity contribution in [3.05, 3.63) is 41.2 Å². The fourth-order valence-corrected chi connectivity index (χ4v) is 1.95. The Labute approximate surface area is 118 Å². The van der Waals surface area contributed by atoms with Gasteiger partial charge in [-0.05, 0) is 38.1 Å². The number of rotatable bonds is 5. The zero-order valence-electron chi connectivity index (χ0n) is 12.1. The third-order valence-electron chi connectivity index (χ3n) is 3.24. The van der Waals surface area contributed by atoms with E-state index in [-0.39, 0.29) is 5.91 Å². The molecule has 2 aromatic rings. The molecule has 5 heteroatoms. The van der Waals surface area contributed by atoms with E-state index in [0.29, 0.717) is 6.42 Å². The molecule has 1 aromatic heterocycles. The van der Waals surface area contributed by atoms with Gasteiger partial charge in [-0.15, -0.1) is 0 Å². The van der Waals surface area contributed by atoms with Gasteiger partial charge in [-0.1, -0.05) is 6.92 Å². The Hall–Kier alpha value is -2.30. The Morgan fingerprint density at radius 3 is 2.40 bits per heavy atom. The molecule has 1 aromatic carbocycles. The molecule has 0 unspecified atom stereocenters. The molecular weight excluding hydrogens is 252 g/mol. The topological polar surface area (TPSA) is 69.8 Å². The lowest BCUT2D eigenvalue weighted by Gasteiger charge is -2.08. The van der Waals surface area contributed by atoms with E-state index in [1.807, 2.05) is 45.0 Å². The van der Waals surface area contributed by atoms with Gasteiger partial charge in [0.15, 0.2) is 0 Å². The van der Waals surface area contributed by atoms with E-state index in [2.05, 4.69) is 20.8 Å². The number of benzene rings is 1. The summed E-state index contributed by atoms with van der Waals surface area (Å²) in [6.45, 7) is 6.57. The number of nitrogens with zero attached hydrogens (tertiary/aromatic N) is 1. The molecule has 0 saturated heterocycles. The molecule has 0 spiro atoms. The Morgan fingerprint density at radius 2 is 1.85 bits per heavy atom. The van der Waals surface area contributed by atoms with E-state index >= 15 is 0 Å². The van der Waals surface area contributed by atoms with Gasteiger partial charge >= 0.3 is 0 Å². The van der Waals surface area contributed by atoms with Crippen LogP contribution < -0.4 is 10.6 Å². The number of aryl methyl sites for hydroxylation is 2. The molecule has 106 valence electrons. The van der Waals surface area contributed by atoms with Crippen molar-refractivity contribution in [3.8, 4) is 0 Å². The Morgan fingerprint density at radius 1 is 1.20 bits per heavy atom. The molecule has 0 aliphatic heterocycles. The quantitative estimate of drug-likeness (QED) is 0.783. The SMILES string of the molecule is CCC(=O)Nc1ccc(NCc2c(C)n[nH]c2C)cc1. The molecule has 0 bridgehead atoms. The van der Waals surface area contributed by atoms with Crippen LogP contribution in [0.1, 0.15) is 30.3 Å². The van der Waals surface area contributed by atoms with E-state index in [4.69, 9.17) is 0 Å². The molecule has 0 aliphatic carbocycles. The van der Waals surface area contributed by atoms with E-state index in [9.17, 15) is 4.79 Å². The second-order valence-electron chi connectivity index (χ2n) is 4.75. The minimum atomic E-state index is 0.0235. The van der Waals surface area contributed by atoms with Gasteiger partial charge in [-0.2, -0.15) is 5.10 Å². The van der Waals surface area contributed by atoms with Crippen LogP contribution in [-0.2, 0) is 11.3 Å². The van der Waals surface area contributed by atoms with Crippen molar-refractivity contribution < 1.29 is 4.79 Å². The number of amides is 1. The first-order valence-electron chi connectivity index (χ1n) is 6.74. The fraction of sp³-hybridized carbons (Fsp3) is 0.333. The second-order valence-corrected chi connectivity index (χ2v) is 4.75. The maximum Gasteiger partial charge on any atom is 0.224 e. The van der Waals surface area contributed by atoms with Crippen molar-refractivity contribution >= 4 is 17.3 Å². The predicted octanol–water partition coefficient (Wildman–Crippen LogP) is 2.99. The smallest absolute Gasteiger partial charge is 0.224 e. The summed E-state index contributed by atoms with van der Waals surface area (Å²) in [7, 11) is 0. The highest BCUT2D eigenvalue weighted by Gasteiger charge is 2.05. The van der Waals surface area contributed by atoms with E-state index < -0.39 is 0 Å². The second kappa shape index (κ2) is 6.23. The largest absolute Gasteiger partial charge is 0.381 e. The van der Waals surface area contributed by atoms with Gasteiger partial charge in [0.25, 0.3) is 0 Å². The molecule has 0 atom stereocenters. The minimum absolute atomic E-state index is 0.0235. The fourth-order valence-electron chi connectivity index (χ4n) is 1.95. The van der Waals surface area contributed by atoms with Gasteiger partial charge in [0.1, 0.15) is 0 Å².